The first-order chi connectivity index (χ1) is 13.5. The number of pyridine rings is 1. The first kappa shape index (κ1) is 17.7. The lowest BCUT2D eigenvalue weighted by atomic mass is 9.65. The molecule has 28 heavy (non-hydrogen) atoms. The fourth-order valence-electron chi connectivity index (χ4n) is 5.96. The number of rotatable bonds is 3. The summed E-state index contributed by atoms with van der Waals surface area (Å²) in [7, 11) is 0. The van der Waals surface area contributed by atoms with Crippen LogP contribution >= 0.6 is 0 Å². The van der Waals surface area contributed by atoms with Gasteiger partial charge in [0.25, 0.3) is 0 Å². The van der Waals surface area contributed by atoms with Crippen LogP contribution in [0.4, 0.5) is 0 Å². The molecule has 1 nitrogen and oxygen atoms in total. The molecule has 0 spiro atoms. The predicted molar refractivity (Wildman–Crippen MR) is 117 cm³/mol. The molecule has 0 N–H and O–H groups in total. The second kappa shape index (κ2) is 6.30. The van der Waals surface area contributed by atoms with Crippen molar-refractivity contribution in [1.29, 1.82) is 0 Å². The van der Waals surface area contributed by atoms with Crippen LogP contribution in [-0.2, 0) is 0 Å². The van der Waals surface area contributed by atoms with Crippen LogP contribution in [0.25, 0.3) is 22.4 Å². The normalized spacial score (nSPS) is 27.8. The highest BCUT2D eigenvalue weighted by molar-refractivity contribution is 5.67. The maximum Gasteiger partial charge on any atom is 0.0702 e. The van der Waals surface area contributed by atoms with Gasteiger partial charge in [0.15, 0.2) is 0 Å². The minimum absolute atomic E-state index is 0.443. The molecule has 0 radical (unpaired) electrons. The zero-order valence-corrected chi connectivity index (χ0v) is 17.2. The summed E-state index contributed by atoms with van der Waals surface area (Å²) in [6, 6.07) is 24.0. The van der Waals surface area contributed by atoms with Crippen LogP contribution in [0.3, 0.4) is 0 Å². The Balaban J connectivity index is 1.39. The Bertz CT molecular complexity index is 969. The topological polar surface area (TPSA) is 12.9 Å². The lowest BCUT2D eigenvalue weighted by molar-refractivity contribution is 0.134. The van der Waals surface area contributed by atoms with E-state index in [0.29, 0.717) is 16.7 Å². The Morgan fingerprint density at radius 3 is 2.07 bits per heavy atom. The molecule has 2 bridgehead atoms. The first-order valence-electron chi connectivity index (χ1n) is 10.6. The Labute approximate surface area is 168 Å². The van der Waals surface area contributed by atoms with Crippen LogP contribution in [0.15, 0.2) is 72.9 Å². The molecular formula is C27H29N. The molecule has 1 aromatic heterocycles. The molecule has 142 valence electrons. The maximum absolute atomic E-state index is 4.69. The van der Waals surface area contributed by atoms with Gasteiger partial charge in [-0.15, -0.1) is 0 Å². The quantitative estimate of drug-likeness (QED) is 0.472. The zero-order chi connectivity index (χ0) is 19.4. The predicted octanol–water partition coefficient (Wildman–Crippen LogP) is 7.35. The average Bonchev–Trinajstić information content (AvgIpc) is 3.08. The van der Waals surface area contributed by atoms with E-state index in [1.54, 1.807) is 0 Å². The molecule has 2 aromatic carbocycles. The zero-order valence-electron chi connectivity index (χ0n) is 17.2. The number of hydrogen-bond donors (Lipinski definition) is 0. The molecule has 2 fully saturated rings. The minimum atomic E-state index is 0.443. The summed E-state index contributed by atoms with van der Waals surface area (Å²) in [6.45, 7) is 7.53. The fraction of sp³-hybridized carbons (Fsp3) is 0.370. The van der Waals surface area contributed by atoms with Gasteiger partial charge in [-0.05, 0) is 59.1 Å². The van der Waals surface area contributed by atoms with Crippen molar-refractivity contribution >= 4 is 0 Å². The van der Waals surface area contributed by atoms with E-state index >= 15 is 0 Å². The number of nitrogens with zero attached hydrogens (tertiary/aromatic N) is 1. The van der Waals surface area contributed by atoms with Gasteiger partial charge in [0.2, 0.25) is 0 Å². The van der Waals surface area contributed by atoms with Gasteiger partial charge >= 0.3 is 0 Å². The molecule has 3 atom stereocenters. The number of hydrogen-bond acceptors (Lipinski definition) is 1. The molecule has 2 saturated carbocycles. The summed E-state index contributed by atoms with van der Waals surface area (Å²) in [5.41, 5.74) is 7.06. The largest absolute Gasteiger partial charge is 0.256 e. The van der Waals surface area contributed by atoms with E-state index in [1.807, 2.05) is 12.3 Å². The van der Waals surface area contributed by atoms with E-state index in [4.69, 9.17) is 0 Å². The molecule has 2 aliphatic carbocycles. The second-order valence-electron chi connectivity index (χ2n) is 9.58. The summed E-state index contributed by atoms with van der Waals surface area (Å²) in [5.74, 6) is 1.59. The van der Waals surface area contributed by atoms with Crippen LogP contribution in [0, 0.1) is 16.7 Å². The van der Waals surface area contributed by atoms with E-state index in [-0.39, 0.29) is 0 Å². The van der Waals surface area contributed by atoms with E-state index < -0.39 is 0 Å². The molecule has 1 heteroatoms. The van der Waals surface area contributed by atoms with Gasteiger partial charge in [-0.25, -0.2) is 0 Å². The van der Waals surface area contributed by atoms with Crippen molar-refractivity contribution in [2.24, 2.45) is 16.7 Å². The highest BCUT2D eigenvalue weighted by Crippen LogP contribution is 2.70. The highest BCUT2D eigenvalue weighted by atomic mass is 14.7. The molecule has 0 amide bonds. The maximum atomic E-state index is 4.69. The third kappa shape index (κ3) is 2.56. The summed E-state index contributed by atoms with van der Waals surface area (Å²) in [4.78, 5) is 4.69. The van der Waals surface area contributed by atoms with Crippen molar-refractivity contribution in [3.8, 4) is 22.4 Å². The van der Waals surface area contributed by atoms with Crippen LogP contribution < -0.4 is 0 Å². The average molecular weight is 368 g/mol. The van der Waals surface area contributed by atoms with Crippen molar-refractivity contribution in [1.82, 2.24) is 4.98 Å². The van der Waals surface area contributed by atoms with Gasteiger partial charge in [0.05, 0.1) is 5.69 Å². The van der Waals surface area contributed by atoms with Gasteiger partial charge < -0.3 is 0 Å². The molecule has 5 rings (SSSR count). The van der Waals surface area contributed by atoms with Crippen LogP contribution in [0.1, 0.15) is 51.5 Å². The summed E-state index contributed by atoms with van der Waals surface area (Å²) in [5, 5.41) is 0. The molecule has 0 aliphatic heterocycles. The summed E-state index contributed by atoms with van der Waals surface area (Å²) >= 11 is 0. The van der Waals surface area contributed by atoms with Gasteiger partial charge in [0, 0.05) is 17.3 Å². The van der Waals surface area contributed by atoms with Gasteiger partial charge in [-0.1, -0.05) is 81.4 Å². The van der Waals surface area contributed by atoms with E-state index in [0.717, 1.165) is 17.2 Å². The monoisotopic (exact) mass is 367 g/mol. The third-order valence-corrected chi connectivity index (χ3v) is 8.27. The fourth-order valence-corrected chi connectivity index (χ4v) is 5.96. The lowest BCUT2D eigenvalue weighted by Gasteiger charge is -2.39. The summed E-state index contributed by atoms with van der Waals surface area (Å²) < 4.78 is 0. The van der Waals surface area contributed by atoms with E-state index in [1.165, 1.54) is 36.0 Å². The summed E-state index contributed by atoms with van der Waals surface area (Å²) in [6.07, 6.45) is 6.15. The molecule has 0 saturated heterocycles. The van der Waals surface area contributed by atoms with E-state index in [9.17, 15) is 0 Å². The van der Waals surface area contributed by atoms with Crippen molar-refractivity contribution in [2.45, 2.75) is 46.0 Å². The number of fused-ring (bicyclic) bond motifs is 2. The highest BCUT2D eigenvalue weighted by Gasteiger charge is 2.61. The minimum Gasteiger partial charge on any atom is -0.256 e. The van der Waals surface area contributed by atoms with Crippen LogP contribution in [-0.4, -0.2) is 4.98 Å². The third-order valence-electron chi connectivity index (χ3n) is 8.27. The van der Waals surface area contributed by atoms with Gasteiger partial charge in [-0.2, -0.15) is 0 Å². The van der Waals surface area contributed by atoms with Crippen molar-refractivity contribution in [3.63, 3.8) is 0 Å². The van der Waals surface area contributed by atoms with Gasteiger partial charge in [-0.3, -0.25) is 4.98 Å². The Kier molecular flexibility index (Phi) is 3.98. The van der Waals surface area contributed by atoms with Crippen molar-refractivity contribution in [2.75, 3.05) is 0 Å². The second-order valence-corrected chi connectivity index (χ2v) is 9.58. The Hall–Kier alpha value is -2.41. The van der Waals surface area contributed by atoms with Crippen LogP contribution in [0.5, 0.6) is 0 Å². The molecule has 2 aliphatic rings. The molecule has 2 unspecified atom stereocenters. The first-order valence-corrected chi connectivity index (χ1v) is 10.6. The van der Waals surface area contributed by atoms with Crippen molar-refractivity contribution < 1.29 is 0 Å². The van der Waals surface area contributed by atoms with E-state index in [2.05, 4.69) is 86.4 Å². The molecular weight excluding hydrogens is 338 g/mol. The molecule has 1 heterocycles. The van der Waals surface area contributed by atoms with Crippen molar-refractivity contribution in [3.05, 3.63) is 78.5 Å². The SMILES string of the molecule is CC12CC[C@H](CC1c1ccc(-c3ccc(-c4ccccc4)nc3)cc1)C2(C)C. The number of aromatic nitrogens is 1. The van der Waals surface area contributed by atoms with Gasteiger partial charge in [0.1, 0.15) is 0 Å². The standard InChI is InChI=1S/C27H29N/c1-26(2)23-15-16-27(26,3)24(17-23)20-11-9-19(10-12-20)22-13-14-25(28-18-22)21-7-5-4-6-8-21/h4-14,18,23-24H,15-17H2,1-3H3/t23-,24?,27?/m1/s1. The van der Waals surface area contributed by atoms with Crippen LogP contribution in [0.2, 0.25) is 0 Å². The smallest absolute Gasteiger partial charge is 0.0702 e. The lowest BCUT2D eigenvalue weighted by Crippen LogP contribution is -2.31. The number of benzene rings is 2. The Morgan fingerprint density at radius 1 is 0.786 bits per heavy atom. The Morgan fingerprint density at radius 2 is 1.50 bits per heavy atom. The molecule has 3 aromatic rings.